The fourth-order valence-electron chi connectivity index (χ4n) is 2.12. The maximum absolute atomic E-state index is 11.0. The standard InChI is InChI=1S/C11H12N4O/c16-11-12-8-4-5-9(13-10(8)14-11)15-6-2-1-3-7-15/h4-5H,1-3,6-7H2. The van der Waals surface area contributed by atoms with Gasteiger partial charge in [-0.1, -0.05) is 0 Å². The number of nitrogens with zero attached hydrogens (tertiary/aromatic N) is 4. The Morgan fingerprint density at radius 3 is 2.69 bits per heavy atom. The molecular weight excluding hydrogens is 204 g/mol. The summed E-state index contributed by atoms with van der Waals surface area (Å²) in [4.78, 5) is 25.1. The van der Waals surface area contributed by atoms with Crippen LogP contribution >= 0.6 is 0 Å². The van der Waals surface area contributed by atoms with Crippen LogP contribution in [0, 0.1) is 0 Å². The molecule has 2 aliphatic heterocycles. The highest BCUT2D eigenvalue weighted by atomic mass is 16.2. The van der Waals surface area contributed by atoms with Gasteiger partial charge in [0.2, 0.25) is 0 Å². The summed E-state index contributed by atoms with van der Waals surface area (Å²) in [7, 11) is 0. The Kier molecular flexibility index (Phi) is 2.16. The van der Waals surface area contributed by atoms with Crippen LogP contribution in [0.25, 0.3) is 0 Å². The van der Waals surface area contributed by atoms with Gasteiger partial charge in [-0.15, -0.1) is 0 Å². The maximum Gasteiger partial charge on any atom is 0.369 e. The minimum absolute atomic E-state index is 0.446. The number of fused-ring (bicyclic) bond motifs is 1. The van der Waals surface area contributed by atoms with Gasteiger partial charge in [-0.2, -0.15) is 9.98 Å². The van der Waals surface area contributed by atoms with Crippen molar-refractivity contribution in [1.82, 2.24) is 4.98 Å². The van der Waals surface area contributed by atoms with Crippen molar-refractivity contribution in [2.75, 3.05) is 18.0 Å². The van der Waals surface area contributed by atoms with Gasteiger partial charge in [-0.25, -0.2) is 9.78 Å². The van der Waals surface area contributed by atoms with Crippen LogP contribution in [0.3, 0.4) is 0 Å². The normalized spacial score (nSPS) is 19.0. The molecule has 0 bridgehead atoms. The van der Waals surface area contributed by atoms with Gasteiger partial charge in [-0.3, -0.25) is 0 Å². The Morgan fingerprint density at radius 1 is 1.06 bits per heavy atom. The van der Waals surface area contributed by atoms with Crippen LogP contribution in [0.1, 0.15) is 19.3 Å². The summed E-state index contributed by atoms with van der Waals surface area (Å²) in [6.45, 7) is 2.08. The van der Waals surface area contributed by atoms with Crippen molar-refractivity contribution in [2.24, 2.45) is 9.98 Å². The average Bonchev–Trinajstić information content (AvgIpc) is 2.69. The second-order valence-electron chi connectivity index (χ2n) is 4.07. The lowest BCUT2D eigenvalue weighted by atomic mass is 10.1. The van der Waals surface area contributed by atoms with Gasteiger partial charge in [0.25, 0.3) is 0 Å². The number of aromatic nitrogens is 1. The molecule has 0 saturated carbocycles. The molecule has 1 fully saturated rings. The number of amides is 2. The largest absolute Gasteiger partial charge is 0.369 e. The highest BCUT2D eigenvalue weighted by Crippen LogP contribution is 2.15. The molecular formula is C11H12N4O. The number of hydrogen-bond donors (Lipinski definition) is 0. The molecule has 0 spiro atoms. The van der Waals surface area contributed by atoms with Crippen molar-refractivity contribution in [1.29, 1.82) is 0 Å². The summed E-state index contributed by atoms with van der Waals surface area (Å²) in [5.41, 5.74) is 0.466. The predicted octanol–water partition coefficient (Wildman–Crippen LogP) is 0.445. The fourth-order valence-corrected chi connectivity index (χ4v) is 2.12. The molecule has 0 aromatic carbocycles. The molecule has 2 aliphatic rings. The Balaban J connectivity index is 1.99. The van der Waals surface area contributed by atoms with Crippen molar-refractivity contribution < 1.29 is 4.79 Å². The summed E-state index contributed by atoms with van der Waals surface area (Å²) < 4.78 is 0. The number of carbonyl (C=O) groups is 1. The third-order valence-electron chi connectivity index (χ3n) is 2.94. The SMILES string of the molecule is O=C1N=c2ccc(N3CCCCC3)nc2=N1. The van der Waals surface area contributed by atoms with Crippen LogP contribution in [-0.4, -0.2) is 24.1 Å². The minimum atomic E-state index is -0.446. The molecule has 5 nitrogen and oxygen atoms in total. The van der Waals surface area contributed by atoms with E-state index in [4.69, 9.17) is 0 Å². The molecule has 1 saturated heterocycles. The van der Waals surface area contributed by atoms with Gasteiger partial charge < -0.3 is 4.90 Å². The molecule has 0 N–H and O–H groups in total. The number of rotatable bonds is 1. The minimum Gasteiger partial charge on any atom is -0.357 e. The molecule has 5 heteroatoms. The van der Waals surface area contributed by atoms with E-state index in [9.17, 15) is 4.79 Å². The Hall–Kier alpha value is -1.78. The number of anilines is 1. The van der Waals surface area contributed by atoms with Crippen molar-refractivity contribution in [3.05, 3.63) is 23.0 Å². The number of carbonyl (C=O) groups excluding carboxylic acids is 1. The zero-order valence-corrected chi connectivity index (χ0v) is 8.89. The van der Waals surface area contributed by atoms with Gasteiger partial charge in [0.15, 0.2) is 5.49 Å². The summed E-state index contributed by atoms with van der Waals surface area (Å²) >= 11 is 0. The van der Waals surface area contributed by atoms with E-state index in [2.05, 4.69) is 19.9 Å². The summed E-state index contributed by atoms with van der Waals surface area (Å²) in [6.07, 6.45) is 3.71. The number of hydrogen-bond acceptors (Lipinski definition) is 3. The second kappa shape index (κ2) is 3.66. The van der Waals surface area contributed by atoms with Crippen LogP contribution < -0.4 is 15.7 Å². The fraction of sp³-hybridized carbons (Fsp3) is 0.455. The van der Waals surface area contributed by atoms with Crippen LogP contribution in [-0.2, 0) is 0 Å². The summed E-state index contributed by atoms with van der Waals surface area (Å²) in [5, 5.41) is 0.589. The van der Waals surface area contributed by atoms with Crippen LogP contribution in [0.2, 0.25) is 0 Å². The summed E-state index contributed by atoms with van der Waals surface area (Å²) in [6, 6.07) is 3.29. The Labute approximate surface area is 92.5 Å². The quantitative estimate of drug-likeness (QED) is 0.684. The molecule has 0 unspecified atom stereocenters. The van der Waals surface area contributed by atoms with E-state index in [-0.39, 0.29) is 0 Å². The number of pyridine rings is 1. The van der Waals surface area contributed by atoms with Gasteiger partial charge in [0, 0.05) is 13.1 Å². The molecule has 2 amide bonds. The topological polar surface area (TPSA) is 57.9 Å². The van der Waals surface area contributed by atoms with E-state index in [1.165, 1.54) is 19.3 Å². The molecule has 0 aliphatic carbocycles. The van der Waals surface area contributed by atoms with E-state index in [0.29, 0.717) is 10.8 Å². The van der Waals surface area contributed by atoms with Gasteiger partial charge in [0.05, 0.1) is 0 Å². The lowest BCUT2D eigenvalue weighted by Crippen LogP contribution is -2.34. The van der Waals surface area contributed by atoms with Gasteiger partial charge >= 0.3 is 6.03 Å². The second-order valence-corrected chi connectivity index (χ2v) is 4.07. The van der Waals surface area contributed by atoms with E-state index in [1.807, 2.05) is 12.1 Å². The third kappa shape index (κ3) is 1.58. The van der Waals surface area contributed by atoms with Crippen molar-refractivity contribution in [3.8, 4) is 0 Å². The Morgan fingerprint density at radius 2 is 1.88 bits per heavy atom. The summed E-state index contributed by atoms with van der Waals surface area (Å²) in [5.74, 6) is 0.909. The Bertz CT molecular complexity index is 546. The monoisotopic (exact) mass is 216 g/mol. The first-order valence-electron chi connectivity index (χ1n) is 5.56. The molecule has 82 valence electrons. The third-order valence-corrected chi connectivity index (χ3v) is 2.94. The van der Waals surface area contributed by atoms with Gasteiger partial charge in [-0.05, 0) is 31.4 Å². The van der Waals surface area contributed by atoms with E-state index in [0.717, 1.165) is 18.9 Å². The van der Waals surface area contributed by atoms with E-state index < -0.39 is 6.03 Å². The molecule has 1 aromatic rings. The lowest BCUT2D eigenvalue weighted by molar-refractivity contribution is 0.256. The maximum atomic E-state index is 11.0. The number of urea groups is 1. The zero-order chi connectivity index (χ0) is 11.0. The predicted molar refractivity (Wildman–Crippen MR) is 58.0 cm³/mol. The van der Waals surface area contributed by atoms with Crippen molar-refractivity contribution in [3.63, 3.8) is 0 Å². The molecule has 3 heterocycles. The van der Waals surface area contributed by atoms with Crippen molar-refractivity contribution >= 4 is 11.8 Å². The first kappa shape index (κ1) is 9.45. The number of piperidine rings is 1. The zero-order valence-electron chi connectivity index (χ0n) is 8.89. The van der Waals surface area contributed by atoms with E-state index >= 15 is 0 Å². The van der Waals surface area contributed by atoms with Crippen LogP contribution in [0.4, 0.5) is 10.6 Å². The van der Waals surface area contributed by atoms with Gasteiger partial charge in [0.1, 0.15) is 11.2 Å². The van der Waals surface area contributed by atoms with Crippen LogP contribution in [0.15, 0.2) is 22.1 Å². The molecule has 0 radical (unpaired) electrons. The average molecular weight is 216 g/mol. The molecule has 3 rings (SSSR count). The van der Waals surface area contributed by atoms with Crippen LogP contribution in [0.5, 0.6) is 0 Å². The first-order chi connectivity index (χ1) is 7.83. The molecule has 16 heavy (non-hydrogen) atoms. The molecule has 1 aromatic heterocycles. The first-order valence-corrected chi connectivity index (χ1v) is 5.56. The lowest BCUT2D eigenvalue weighted by Gasteiger charge is -2.27. The highest BCUT2D eigenvalue weighted by molar-refractivity contribution is 5.77. The van der Waals surface area contributed by atoms with E-state index in [1.54, 1.807) is 0 Å². The highest BCUT2D eigenvalue weighted by Gasteiger charge is 2.13. The van der Waals surface area contributed by atoms with Crippen molar-refractivity contribution in [2.45, 2.75) is 19.3 Å². The smallest absolute Gasteiger partial charge is 0.357 e. The molecule has 0 atom stereocenters.